The summed E-state index contributed by atoms with van der Waals surface area (Å²) >= 11 is 1.61. The lowest BCUT2D eigenvalue weighted by molar-refractivity contribution is 0.596. The molecule has 0 spiro atoms. The van der Waals surface area contributed by atoms with Crippen LogP contribution < -0.4 is 0 Å². The molecule has 0 saturated heterocycles. The lowest BCUT2D eigenvalue weighted by Crippen LogP contribution is -2.06. The zero-order valence-electron chi connectivity index (χ0n) is 9.36. The van der Waals surface area contributed by atoms with Crippen LogP contribution in [0.5, 0.6) is 0 Å². The lowest BCUT2D eigenvalue weighted by Gasteiger charge is -2.02. The number of fused-ring (bicyclic) bond motifs is 1. The van der Waals surface area contributed by atoms with Gasteiger partial charge in [-0.15, -0.1) is 11.3 Å². The zero-order valence-corrected chi connectivity index (χ0v) is 11.0. The Balaban J connectivity index is 2.54. The van der Waals surface area contributed by atoms with Crippen molar-refractivity contribution in [2.45, 2.75) is 19.6 Å². The van der Waals surface area contributed by atoms with Crippen LogP contribution in [0.25, 0.3) is 10.1 Å². The van der Waals surface area contributed by atoms with Crippen LogP contribution in [0, 0.1) is 6.92 Å². The van der Waals surface area contributed by atoms with Crippen molar-refractivity contribution in [3.05, 3.63) is 34.7 Å². The van der Waals surface area contributed by atoms with Crippen molar-refractivity contribution in [1.82, 2.24) is 0 Å². The number of hydrogen-bond donors (Lipinski definition) is 0. The van der Waals surface area contributed by atoms with Gasteiger partial charge in [-0.25, -0.2) is 8.42 Å². The third-order valence-electron chi connectivity index (χ3n) is 2.70. The Hall–Kier alpha value is -0.870. The molecule has 0 radical (unpaired) electrons. The summed E-state index contributed by atoms with van der Waals surface area (Å²) in [6.07, 6.45) is 0. The summed E-state index contributed by atoms with van der Waals surface area (Å²) in [5.74, 6) is 0.366. The van der Waals surface area contributed by atoms with E-state index in [1.807, 2.05) is 30.5 Å². The fourth-order valence-electron chi connectivity index (χ4n) is 1.79. The highest BCUT2D eigenvalue weighted by Gasteiger charge is 2.13. The molecule has 2 nitrogen and oxygen atoms in total. The Morgan fingerprint density at radius 3 is 2.75 bits per heavy atom. The molecular weight excluding hydrogens is 240 g/mol. The van der Waals surface area contributed by atoms with Gasteiger partial charge >= 0.3 is 0 Å². The molecule has 1 aromatic carbocycles. The van der Waals surface area contributed by atoms with Gasteiger partial charge in [0.1, 0.15) is 0 Å². The van der Waals surface area contributed by atoms with Gasteiger partial charge in [0.25, 0.3) is 0 Å². The van der Waals surface area contributed by atoms with Crippen LogP contribution in [-0.2, 0) is 15.6 Å². The largest absolute Gasteiger partial charge is 0.229 e. The van der Waals surface area contributed by atoms with Crippen molar-refractivity contribution >= 4 is 31.3 Å². The van der Waals surface area contributed by atoms with Gasteiger partial charge < -0.3 is 0 Å². The van der Waals surface area contributed by atoms with Crippen LogP contribution in [0.4, 0.5) is 0 Å². The second kappa shape index (κ2) is 4.18. The minimum absolute atomic E-state index is 0.161. The van der Waals surface area contributed by atoms with Gasteiger partial charge in [-0.1, -0.05) is 19.1 Å². The molecule has 1 aromatic heterocycles. The molecular formula is C12H14O2S2. The number of aryl methyl sites for hydroxylation is 1. The molecule has 4 heteroatoms. The highest BCUT2D eigenvalue weighted by Crippen LogP contribution is 2.29. The van der Waals surface area contributed by atoms with Crippen LogP contribution in [0.15, 0.2) is 23.6 Å². The normalized spacial score (nSPS) is 12.1. The molecule has 0 atom stereocenters. The van der Waals surface area contributed by atoms with Gasteiger partial charge in [0.2, 0.25) is 0 Å². The van der Waals surface area contributed by atoms with Crippen LogP contribution in [0.1, 0.15) is 18.1 Å². The number of thiophene rings is 1. The van der Waals surface area contributed by atoms with E-state index in [9.17, 15) is 8.42 Å². The van der Waals surface area contributed by atoms with E-state index < -0.39 is 9.84 Å². The number of rotatable bonds is 3. The van der Waals surface area contributed by atoms with Crippen molar-refractivity contribution in [3.8, 4) is 0 Å². The van der Waals surface area contributed by atoms with E-state index in [0.29, 0.717) is 0 Å². The minimum Gasteiger partial charge on any atom is -0.229 e. The van der Waals surface area contributed by atoms with E-state index in [4.69, 9.17) is 0 Å². The summed E-state index contributed by atoms with van der Waals surface area (Å²) in [7, 11) is -2.94. The topological polar surface area (TPSA) is 34.1 Å². The fraction of sp³-hybridized carbons (Fsp3) is 0.333. The van der Waals surface area contributed by atoms with E-state index in [-0.39, 0.29) is 11.5 Å². The van der Waals surface area contributed by atoms with Gasteiger partial charge in [0, 0.05) is 10.5 Å². The SMILES string of the molecule is CCS(=O)(=O)Cc1csc2cccc(C)c12. The van der Waals surface area contributed by atoms with E-state index in [0.717, 1.165) is 16.5 Å². The molecule has 2 rings (SSSR count). The summed E-state index contributed by atoms with van der Waals surface area (Å²) in [5.41, 5.74) is 2.10. The lowest BCUT2D eigenvalue weighted by atomic mass is 10.1. The highest BCUT2D eigenvalue weighted by atomic mass is 32.2. The molecule has 0 aliphatic rings. The average Bonchev–Trinajstić information content (AvgIpc) is 2.62. The van der Waals surface area contributed by atoms with Crippen molar-refractivity contribution < 1.29 is 8.42 Å². The fourth-order valence-corrected chi connectivity index (χ4v) is 3.84. The Morgan fingerprint density at radius 1 is 1.31 bits per heavy atom. The Kier molecular flexibility index (Phi) is 3.04. The minimum atomic E-state index is -2.94. The number of sulfone groups is 1. The maximum atomic E-state index is 11.6. The van der Waals surface area contributed by atoms with E-state index in [1.54, 1.807) is 18.3 Å². The summed E-state index contributed by atoms with van der Waals surface area (Å²) < 4.78 is 24.4. The second-order valence-corrected chi connectivity index (χ2v) is 7.15. The maximum absolute atomic E-state index is 11.6. The van der Waals surface area contributed by atoms with Crippen LogP contribution in [-0.4, -0.2) is 14.2 Å². The van der Waals surface area contributed by atoms with Crippen molar-refractivity contribution in [2.75, 3.05) is 5.75 Å². The monoisotopic (exact) mass is 254 g/mol. The predicted molar refractivity (Wildman–Crippen MR) is 69.7 cm³/mol. The molecule has 0 aliphatic carbocycles. The van der Waals surface area contributed by atoms with Crippen molar-refractivity contribution in [2.24, 2.45) is 0 Å². The van der Waals surface area contributed by atoms with Gasteiger partial charge in [-0.2, -0.15) is 0 Å². The van der Waals surface area contributed by atoms with E-state index >= 15 is 0 Å². The van der Waals surface area contributed by atoms with E-state index in [1.165, 1.54) is 4.70 Å². The van der Waals surface area contributed by atoms with Gasteiger partial charge in [0.15, 0.2) is 9.84 Å². The Labute approximate surface area is 99.8 Å². The molecule has 0 amide bonds. The Morgan fingerprint density at radius 2 is 2.06 bits per heavy atom. The number of benzene rings is 1. The molecule has 16 heavy (non-hydrogen) atoms. The van der Waals surface area contributed by atoms with Gasteiger partial charge in [-0.05, 0) is 34.9 Å². The van der Waals surface area contributed by atoms with Crippen LogP contribution in [0.2, 0.25) is 0 Å². The first-order chi connectivity index (χ1) is 7.53. The first-order valence-corrected chi connectivity index (χ1v) is 7.89. The number of hydrogen-bond acceptors (Lipinski definition) is 3. The van der Waals surface area contributed by atoms with Crippen LogP contribution in [0.3, 0.4) is 0 Å². The third-order valence-corrected chi connectivity index (χ3v) is 5.33. The molecule has 0 bridgehead atoms. The van der Waals surface area contributed by atoms with Gasteiger partial charge in [-0.3, -0.25) is 0 Å². The molecule has 0 unspecified atom stereocenters. The molecule has 0 fully saturated rings. The van der Waals surface area contributed by atoms with Crippen molar-refractivity contribution in [3.63, 3.8) is 0 Å². The first kappa shape index (κ1) is 11.6. The summed E-state index contributed by atoms with van der Waals surface area (Å²) in [6, 6.07) is 6.07. The standard InChI is InChI=1S/C12H14O2S2/c1-3-16(13,14)8-10-7-15-11-6-4-5-9(2)12(10)11/h4-7H,3,8H2,1-2H3. The molecule has 2 aromatic rings. The zero-order chi connectivity index (χ0) is 11.8. The molecule has 0 N–H and O–H groups in total. The molecule has 0 saturated carbocycles. The quantitative estimate of drug-likeness (QED) is 0.843. The predicted octanol–water partition coefficient (Wildman–Crippen LogP) is 3.14. The second-order valence-electron chi connectivity index (χ2n) is 3.89. The summed E-state index contributed by atoms with van der Waals surface area (Å²) in [6.45, 7) is 3.72. The van der Waals surface area contributed by atoms with Gasteiger partial charge in [0.05, 0.1) is 5.75 Å². The first-order valence-electron chi connectivity index (χ1n) is 5.19. The summed E-state index contributed by atoms with van der Waals surface area (Å²) in [4.78, 5) is 0. The molecule has 1 heterocycles. The highest BCUT2D eigenvalue weighted by molar-refractivity contribution is 7.90. The Bertz CT molecular complexity index is 609. The third kappa shape index (κ3) is 2.13. The van der Waals surface area contributed by atoms with Crippen LogP contribution >= 0.6 is 11.3 Å². The smallest absolute Gasteiger partial charge is 0.154 e. The van der Waals surface area contributed by atoms with Crippen molar-refractivity contribution in [1.29, 1.82) is 0 Å². The average molecular weight is 254 g/mol. The van der Waals surface area contributed by atoms with E-state index in [2.05, 4.69) is 0 Å². The summed E-state index contributed by atoms with van der Waals surface area (Å²) in [5, 5.41) is 3.08. The molecule has 0 aliphatic heterocycles. The molecule has 86 valence electrons. The maximum Gasteiger partial charge on any atom is 0.154 e.